The predicted molar refractivity (Wildman–Crippen MR) is 139 cm³/mol. The van der Waals surface area contributed by atoms with Crippen LogP contribution < -0.4 is 5.32 Å². The van der Waals surface area contributed by atoms with Gasteiger partial charge in [0.2, 0.25) is 11.7 Å². The quantitative estimate of drug-likeness (QED) is 0.258. The fraction of sp³-hybridized carbons (Fsp3) is 0.107. The van der Waals surface area contributed by atoms with Crippen LogP contribution >= 0.6 is 11.6 Å². The first kappa shape index (κ1) is 25.8. The van der Waals surface area contributed by atoms with Crippen LogP contribution in [-0.4, -0.2) is 38.1 Å². The molecule has 0 fully saturated rings. The van der Waals surface area contributed by atoms with E-state index in [1.165, 1.54) is 18.2 Å². The summed E-state index contributed by atoms with van der Waals surface area (Å²) in [6.45, 7) is 1.95. The summed E-state index contributed by atoms with van der Waals surface area (Å²) in [6.07, 6.45) is 0.948. The van der Waals surface area contributed by atoms with Crippen LogP contribution in [0.5, 0.6) is 0 Å². The molecule has 0 aliphatic carbocycles. The molecule has 2 aromatic heterocycles. The Balaban J connectivity index is 1.28. The summed E-state index contributed by atoms with van der Waals surface area (Å²) in [5.74, 6) is -2.24. The lowest BCUT2D eigenvalue weighted by Gasteiger charge is -2.14. The highest BCUT2D eigenvalue weighted by molar-refractivity contribution is 6.30. The Morgan fingerprint density at radius 3 is 2.38 bits per heavy atom. The van der Waals surface area contributed by atoms with Gasteiger partial charge in [-0.1, -0.05) is 40.5 Å². The maximum absolute atomic E-state index is 15.0. The number of aryl methyl sites for hydroxylation is 1. The second-order valence-electron chi connectivity index (χ2n) is 8.72. The Labute approximate surface area is 226 Å². The molecule has 196 valence electrons. The third kappa shape index (κ3) is 5.86. The maximum atomic E-state index is 15.0. The van der Waals surface area contributed by atoms with Crippen molar-refractivity contribution in [2.75, 3.05) is 0 Å². The first-order valence-corrected chi connectivity index (χ1v) is 12.1. The number of rotatable bonds is 8. The average Bonchev–Trinajstić information content (AvgIpc) is 3.60. The molecule has 2 heterocycles. The number of aliphatic carboxylic acids is 1. The van der Waals surface area contributed by atoms with Gasteiger partial charge in [-0.15, -0.1) is 0 Å². The normalized spacial score (nSPS) is 11.8. The molecule has 9 nitrogen and oxygen atoms in total. The molecule has 2 N–H and O–H groups in total. The van der Waals surface area contributed by atoms with Gasteiger partial charge in [0.05, 0.1) is 5.56 Å². The SMILES string of the molecule is Cc1ccc(-c2nc(-c3ccc(CC(NC(=O)c4coc(-c5ccc(Cl)cc5)n4)C(=O)O)cc3F)no2)cc1. The second kappa shape index (κ2) is 10.9. The summed E-state index contributed by atoms with van der Waals surface area (Å²) in [5.41, 5.74) is 2.69. The van der Waals surface area contributed by atoms with Gasteiger partial charge < -0.3 is 19.4 Å². The van der Waals surface area contributed by atoms with Gasteiger partial charge >= 0.3 is 5.97 Å². The van der Waals surface area contributed by atoms with E-state index in [1.54, 1.807) is 24.3 Å². The number of nitrogens with zero attached hydrogens (tertiary/aromatic N) is 3. The number of oxazole rings is 1. The Morgan fingerprint density at radius 1 is 1.00 bits per heavy atom. The highest BCUT2D eigenvalue weighted by atomic mass is 35.5. The average molecular weight is 547 g/mol. The topological polar surface area (TPSA) is 131 Å². The van der Waals surface area contributed by atoms with Gasteiger partial charge in [0.15, 0.2) is 5.69 Å². The molecule has 0 radical (unpaired) electrons. The van der Waals surface area contributed by atoms with Gasteiger partial charge in [-0.2, -0.15) is 4.98 Å². The first-order chi connectivity index (χ1) is 18.8. The Bertz CT molecular complexity index is 1650. The van der Waals surface area contributed by atoms with Gasteiger partial charge in [-0.05, 0) is 61.0 Å². The van der Waals surface area contributed by atoms with Gasteiger partial charge in [-0.3, -0.25) is 4.79 Å². The number of halogens is 2. The number of carboxylic acid groups (broad SMARTS) is 1. The number of aromatic nitrogens is 3. The number of nitrogens with one attached hydrogen (secondary N) is 1. The van der Waals surface area contributed by atoms with Crippen molar-refractivity contribution >= 4 is 23.5 Å². The number of benzene rings is 3. The minimum Gasteiger partial charge on any atom is -0.480 e. The Hall–Kier alpha value is -4.83. The maximum Gasteiger partial charge on any atom is 0.326 e. The minimum absolute atomic E-state index is 0.0558. The highest BCUT2D eigenvalue weighted by Gasteiger charge is 2.24. The van der Waals surface area contributed by atoms with Crippen molar-refractivity contribution in [1.82, 2.24) is 20.4 Å². The van der Waals surface area contributed by atoms with E-state index < -0.39 is 23.7 Å². The van der Waals surface area contributed by atoms with E-state index in [-0.39, 0.29) is 35.3 Å². The van der Waals surface area contributed by atoms with Crippen molar-refractivity contribution in [1.29, 1.82) is 0 Å². The van der Waals surface area contributed by atoms with Gasteiger partial charge in [-0.25, -0.2) is 14.2 Å². The molecule has 0 saturated heterocycles. The highest BCUT2D eigenvalue weighted by Crippen LogP contribution is 2.26. The van der Waals surface area contributed by atoms with Crippen molar-refractivity contribution in [3.63, 3.8) is 0 Å². The molecular weight excluding hydrogens is 527 g/mol. The molecule has 5 aromatic rings. The number of hydrogen-bond donors (Lipinski definition) is 2. The molecule has 39 heavy (non-hydrogen) atoms. The molecule has 5 rings (SSSR count). The van der Waals surface area contributed by atoms with Crippen molar-refractivity contribution in [3.05, 3.63) is 101 Å². The molecule has 11 heteroatoms. The molecule has 0 aliphatic rings. The predicted octanol–water partition coefficient (Wildman–Crippen LogP) is 5.59. The Morgan fingerprint density at radius 2 is 1.69 bits per heavy atom. The molecule has 0 bridgehead atoms. The van der Waals surface area contributed by atoms with Crippen LogP contribution in [0.15, 0.2) is 81.9 Å². The molecule has 0 aliphatic heterocycles. The summed E-state index contributed by atoms with van der Waals surface area (Å²) in [6, 6.07) is 16.9. The van der Waals surface area contributed by atoms with Crippen molar-refractivity contribution < 1.29 is 28.0 Å². The van der Waals surface area contributed by atoms with Crippen LogP contribution in [0.4, 0.5) is 4.39 Å². The van der Waals surface area contributed by atoms with E-state index in [1.807, 2.05) is 31.2 Å². The standard InChI is InChI=1S/C28H20ClFN4O5/c1-15-2-5-18(6-3-15)27-33-24(34-39-27)20-11-4-16(12-21(20)30)13-22(28(36)37)31-25(35)23-14-38-26(32-23)17-7-9-19(29)10-8-17/h2-12,14,22H,13H2,1H3,(H,31,35)(H,36,37). The minimum atomic E-state index is -1.35. The first-order valence-electron chi connectivity index (χ1n) is 11.7. The van der Waals surface area contributed by atoms with Gasteiger partial charge in [0.1, 0.15) is 18.1 Å². The number of carboxylic acids is 1. The third-order valence-corrected chi connectivity index (χ3v) is 6.12. The van der Waals surface area contributed by atoms with E-state index in [2.05, 4.69) is 20.4 Å². The van der Waals surface area contributed by atoms with Crippen LogP contribution in [-0.2, 0) is 11.2 Å². The number of carbonyl (C=O) groups is 2. The summed E-state index contributed by atoms with van der Waals surface area (Å²) < 4.78 is 25.6. The summed E-state index contributed by atoms with van der Waals surface area (Å²) in [4.78, 5) is 32.9. The molecular formula is C28H20ClFN4O5. The van der Waals surface area contributed by atoms with Crippen LogP contribution in [0.25, 0.3) is 34.3 Å². The van der Waals surface area contributed by atoms with Crippen LogP contribution in [0, 0.1) is 12.7 Å². The van der Waals surface area contributed by atoms with E-state index in [9.17, 15) is 19.1 Å². The third-order valence-electron chi connectivity index (χ3n) is 5.87. The summed E-state index contributed by atoms with van der Waals surface area (Å²) >= 11 is 5.88. The molecule has 0 spiro atoms. The van der Waals surface area contributed by atoms with Gasteiger partial charge in [0, 0.05) is 22.6 Å². The lowest BCUT2D eigenvalue weighted by Crippen LogP contribution is -2.42. The fourth-order valence-corrected chi connectivity index (χ4v) is 3.91. The van der Waals surface area contributed by atoms with E-state index in [4.69, 9.17) is 20.5 Å². The number of amides is 1. The molecule has 1 amide bonds. The van der Waals surface area contributed by atoms with Crippen LogP contribution in [0.1, 0.15) is 21.6 Å². The number of hydrogen-bond acceptors (Lipinski definition) is 7. The van der Waals surface area contributed by atoms with E-state index in [0.29, 0.717) is 21.7 Å². The molecule has 1 atom stereocenters. The zero-order valence-electron chi connectivity index (χ0n) is 20.4. The number of carbonyl (C=O) groups excluding carboxylic acids is 1. The zero-order chi connectivity index (χ0) is 27.5. The van der Waals surface area contributed by atoms with Crippen molar-refractivity contribution in [2.24, 2.45) is 0 Å². The monoisotopic (exact) mass is 546 g/mol. The zero-order valence-corrected chi connectivity index (χ0v) is 21.1. The largest absolute Gasteiger partial charge is 0.480 e. The molecule has 0 saturated carbocycles. The molecule has 1 unspecified atom stereocenters. The van der Waals surface area contributed by atoms with E-state index in [0.717, 1.165) is 11.8 Å². The van der Waals surface area contributed by atoms with Crippen LogP contribution in [0.2, 0.25) is 5.02 Å². The van der Waals surface area contributed by atoms with Crippen LogP contribution in [0.3, 0.4) is 0 Å². The Kier molecular flexibility index (Phi) is 7.20. The lowest BCUT2D eigenvalue weighted by molar-refractivity contribution is -0.139. The van der Waals surface area contributed by atoms with Crippen molar-refractivity contribution in [2.45, 2.75) is 19.4 Å². The smallest absolute Gasteiger partial charge is 0.326 e. The van der Waals surface area contributed by atoms with Crippen molar-refractivity contribution in [3.8, 4) is 34.3 Å². The van der Waals surface area contributed by atoms with E-state index >= 15 is 0 Å². The molecule has 3 aromatic carbocycles. The second-order valence-corrected chi connectivity index (χ2v) is 9.15. The summed E-state index contributed by atoms with van der Waals surface area (Å²) in [7, 11) is 0. The lowest BCUT2D eigenvalue weighted by atomic mass is 10.0. The van der Waals surface area contributed by atoms with Gasteiger partial charge in [0.25, 0.3) is 11.8 Å². The fourth-order valence-electron chi connectivity index (χ4n) is 3.78. The summed E-state index contributed by atoms with van der Waals surface area (Å²) in [5, 5.41) is 16.5.